The number of pyridine rings is 1. The first kappa shape index (κ1) is 13.9. The number of nitrogens with zero attached hydrogens (tertiary/aromatic N) is 3. The summed E-state index contributed by atoms with van der Waals surface area (Å²) in [4.78, 5) is 18.3. The number of rotatable bonds is 2. The average molecular weight is 287 g/mol. The zero-order valence-electron chi connectivity index (χ0n) is 12.7. The fourth-order valence-corrected chi connectivity index (χ4v) is 3.06. The smallest absolute Gasteiger partial charge is 0.356 e. The van der Waals surface area contributed by atoms with Crippen LogP contribution in [0.15, 0.2) is 24.4 Å². The Morgan fingerprint density at radius 3 is 2.76 bits per heavy atom. The van der Waals surface area contributed by atoms with Gasteiger partial charge in [-0.3, -0.25) is 4.40 Å². The molecule has 1 unspecified atom stereocenters. The molecule has 0 aromatic carbocycles. The van der Waals surface area contributed by atoms with Crippen LogP contribution in [-0.2, 0) is 0 Å². The Balaban J connectivity index is 2.02. The maximum atomic E-state index is 11.6. The number of imidazole rings is 1. The van der Waals surface area contributed by atoms with E-state index in [2.05, 4.69) is 30.7 Å². The van der Waals surface area contributed by atoms with Crippen LogP contribution in [0.3, 0.4) is 0 Å². The van der Waals surface area contributed by atoms with Crippen molar-refractivity contribution >= 4 is 17.4 Å². The zero-order chi connectivity index (χ0) is 15.2. The first-order chi connectivity index (χ1) is 9.88. The molecule has 2 aromatic heterocycles. The van der Waals surface area contributed by atoms with E-state index >= 15 is 0 Å². The number of carboxylic acids is 1. The van der Waals surface area contributed by atoms with Crippen molar-refractivity contribution in [2.24, 2.45) is 11.3 Å². The highest BCUT2D eigenvalue weighted by Gasteiger charge is 2.34. The summed E-state index contributed by atoms with van der Waals surface area (Å²) in [5.41, 5.74) is 1.18. The fraction of sp³-hybridized carbons (Fsp3) is 0.500. The van der Waals surface area contributed by atoms with Gasteiger partial charge in [0.2, 0.25) is 0 Å². The lowest BCUT2D eigenvalue weighted by molar-refractivity contribution is 0.0690. The number of aromatic carboxylic acids is 1. The molecule has 1 N–H and O–H groups in total. The number of carboxylic acid groups (broad SMARTS) is 1. The summed E-state index contributed by atoms with van der Waals surface area (Å²) in [6, 6.07) is 5.54. The molecule has 112 valence electrons. The molecule has 1 saturated heterocycles. The lowest BCUT2D eigenvalue weighted by Crippen LogP contribution is -2.27. The number of carbonyl (C=O) groups is 1. The normalized spacial score (nSPS) is 19.4. The van der Waals surface area contributed by atoms with E-state index in [9.17, 15) is 9.90 Å². The van der Waals surface area contributed by atoms with Gasteiger partial charge in [0, 0.05) is 19.3 Å². The molecule has 0 saturated carbocycles. The maximum Gasteiger partial charge on any atom is 0.356 e. The number of hydrogen-bond donors (Lipinski definition) is 1. The monoisotopic (exact) mass is 287 g/mol. The minimum Gasteiger partial charge on any atom is -0.476 e. The van der Waals surface area contributed by atoms with Crippen molar-refractivity contribution < 1.29 is 9.90 Å². The lowest BCUT2D eigenvalue weighted by atomic mass is 9.80. The van der Waals surface area contributed by atoms with Gasteiger partial charge >= 0.3 is 5.97 Å². The van der Waals surface area contributed by atoms with Gasteiger partial charge in [-0.05, 0) is 29.9 Å². The van der Waals surface area contributed by atoms with Crippen LogP contribution in [0.5, 0.6) is 0 Å². The molecular formula is C16H21N3O2. The zero-order valence-corrected chi connectivity index (χ0v) is 12.7. The van der Waals surface area contributed by atoms with Gasteiger partial charge in [0.25, 0.3) is 0 Å². The van der Waals surface area contributed by atoms with E-state index in [1.807, 2.05) is 18.2 Å². The first-order valence-corrected chi connectivity index (χ1v) is 7.33. The molecule has 1 aliphatic heterocycles. The van der Waals surface area contributed by atoms with E-state index in [1.54, 1.807) is 10.6 Å². The van der Waals surface area contributed by atoms with Crippen LogP contribution in [0.2, 0.25) is 0 Å². The Morgan fingerprint density at radius 2 is 2.14 bits per heavy atom. The third-order valence-corrected chi connectivity index (χ3v) is 4.43. The summed E-state index contributed by atoms with van der Waals surface area (Å²) in [5.74, 6) is 0.229. The summed E-state index contributed by atoms with van der Waals surface area (Å²) in [7, 11) is 0. The van der Waals surface area contributed by atoms with Crippen LogP contribution < -0.4 is 4.90 Å². The predicted octanol–water partition coefficient (Wildman–Crippen LogP) is 2.90. The maximum absolute atomic E-state index is 11.6. The number of hydrogen-bond acceptors (Lipinski definition) is 3. The number of fused-ring (bicyclic) bond motifs is 1. The van der Waals surface area contributed by atoms with Crippen molar-refractivity contribution in [1.82, 2.24) is 9.38 Å². The minimum absolute atomic E-state index is 0.233. The average Bonchev–Trinajstić information content (AvgIpc) is 3.02. The standard InChI is InChI=1S/C16H21N3O2/c1-16(2,3)11-7-9-18(10-11)14-13(15(20)21)19-8-5-4-6-12(19)17-14/h4-6,8,11H,7,9-10H2,1-3H3,(H,20,21). The molecule has 0 aliphatic carbocycles. The van der Waals surface area contributed by atoms with Gasteiger partial charge in [0.15, 0.2) is 11.5 Å². The second kappa shape index (κ2) is 4.76. The summed E-state index contributed by atoms with van der Waals surface area (Å²) in [6.07, 6.45) is 2.84. The van der Waals surface area contributed by atoms with E-state index in [0.29, 0.717) is 17.4 Å². The molecule has 1 atom stereocenters. The third-order valence-electron chi connectivity index (χ3n) is 4.43. The van der Waals surface area contributed by atoms with Crippen LogP contribution in [0.1, 0.15) is 37.7 Å². The Labute approximate surface area is 124 Å². The van der Waals surface area contributed by atoms with E-state index in [-0.39, 0.29) is 11.1 Å². The second-order valence-corrected chi connectivity index (χ2v) is 6.82. The molecule has 0 bridgehead atoms. The second-order valence-electron chi connectivity index (χ2n) is 6.82. The number of anilines is 1. The number of aromatic nitrogens is 2. The van der Waals surface area contributed by atoms with Crippen molar-refractivity contribution in [3.8, 4) is 0 Å². The molecule has 0 radical (unpaired) electrons. The molecule has 5 nitrogen and oxygen atoms in total. The van der Waals surface area contributed by atoms with Gasteiger partial charge in [0.05, 0.1) is 0 Å². The molecule has 3 rings (SSSR count). The summed E-state index contributed by atoms with van der Waals surface area (Å²) in [5, 5.41) is 9.55. The van der Waals surface area contributed by atoms with Gasteiger partial charge in [0.1, 0.15) is 5.65 Å². The van der Waals surface area contributed by atoms with Crippen LogP contribution in [0.4, 0.5) is 5.82 Å². The molecule has 1 fully saturated rings. The van der Waals surface area contributed by atoms with Crippen LogP contribution in [0.25, 0.3) is 5.65 Å². The van der Waals surface area contributed by atoms with Gasteiger partial charge in [-0.25, -0.2) is 9.78 Å². The molecular weight excluding hydrogens is 266 g/mol. The van der Waals surface area contributed by atoms with E-state index < -0.39 is 5.97 Å². The lowest BCUT2D eigenvalue weighted by Gasteiger charge is -2.27. The Morgan fingerprint density at radius 1 is 1.38 bits per heavy atom. The quantitative estimate of drug-likeness (QED) is 0.922. The van der Waals surface area contributed by atoms with E-state index in [0.717, 1.165) is 19.5 Å². The van der Waals surface area contributed by atoms with Crippen molar-refractivity contribution in [1.29, 1.82) is 0 Å². The minimum atomic E-state index is -0.928. The third kappa shape index (κ3) is 2.37. The highest BCUT2D eigenvalue weighted by Crippen LogP contribution is 2.36. The van der Waals surface area contributed by atoms with Gasteiger partial charge < -0.3 is 10.0 Å². The van der Waals surface area contributed by atoms with Gasteiger partial charge in [-0.15, -0.1) is 0 Å². The fourth-order valence-electron chi connectivity index (χ4n) is 3.06. The van der Waals surface area contributed by atoms with Gasteiger partial charge in [-0.2, -0.15) is 0 Å². The summed E-state index contributed by atoms with van der Waals surface area (Å²) >= 11 is 0. The molecule has 2 aromatic rings. The molecule has 0 amide bonds. The highest BCUT2D eigenvalue weighted by molar-refractivity contribution is 5.93. The molecule has 0 spiro atoms. The first-order valence-electron chi connectivity index (χ1n) is 7.33. The van der Waals surface area contributed by atoms with Crippen LogP contribution in [-0.4, -0.2) is 33.6 Å². The van der Waals surface area contributed by atoms with Crippen molar-refractivity contribution in [2.75, 3.05) is 18.0 Å². The molecule has 3 heterocycles. The van der Waals surface area contributed by atoms with Crippen molar-refractivity contribution in [3.05, 3.63) is 30.1 Å². The molecule has 1 aliphatic rings. The highest BCUT2D eigenvalue weighted by atomic mass is 16.4. The Hall–Kier alpha value is -2.04. The Bertz CT molecular complexity index is 684. The van der Waals surface area contributed by atoms with E-state index in [4.69, 9.17) is 0 Å². The molecule has 21 heavy (non-hydrogen) atoms. The topological polar surface area (TPSA) is 57.8 Å². The van der Waals surface area contributed by atoms with Crippen LogP contribution in [0, 0.1) is 11.3 Å². The van der Waals surface area contributed by atoms with Gasteiger partial charge in [-0.1, -0.05) is 26.8 Å². The van der Waals surface area contributed by atoms with Crippen LogP contribution >= 0.6 is 0 Å². The van der Waals surface area contributed by atoms with Crippen molar-refractivity contribution in [2.45, 2.75) is 27.2 Å². The SMILES string of the molecule is CC(C)(C)C1CCN(c2nc3ccccn3c2C(=O)O)C1. The predicted molar refractivity (Wildman–Crippen MR) is 81.9 cm³/mol. The largest absolute Gasteiger partial charge is 0.476 e. The van der Waals surface area contributed by atoms with E-state index in [1.165, 1.54) is 0 Å². The van der Waals surface area contributed by atoms with Crippen molar-refractivity contribution in [3.63, 3.8) is 0 Å². The molecule has 5 heteroatoms. The summed E-state index contributed by atoms with van der Waals surface area (Å²) < 4.78 is 1.65. The summed E-state index contributed by atoms with van der Waals surface area (Å²) in [6.45, 7) is 8.45. The Kier molecular flexibility index (Phi) is 3.15.